The topological polar surface area (TPSA) is 18.5 Å². The SMILES string of the molecule is Fc1ccc(Br)c(C2OCC(CCl)O2)c1. The van der Waals surface area contributed by atoms with Gasteiger partial charge in [-0.05, 0) is 18.2 Å². The molecular formula is C10H9BrClFO2. The van der Waals surface area contributed by atoms with Crippen molar-refractivity contribution < 1.29 is 13.9 Å². The highest BCUT2D eigenvalue weighted by Crippen LogP contribution is 2.32. The van der Waals surface area contributed by atoms with E-state index in [0.717, 1.165) is 4.47 Å². The Kier molecular flexibility index (Phi) is 3.61. The van der Waals surface area contributed by atoms with E-state index in [2.05, 4.69) is 15.9 Å². The molecule has 2 nitrogen and oxygen atoms in total. The molecule has 1 aromatic carbocycles. The third kappa shape index (κ3) is 2.50. The standard InChI is InChI=1S/C10H9BrClFO2/c11-9-2-1-6(13)3-8(9)10-14-5-7(4-12)15-10/h1-3,7,10H,4-5H2. The molecule has 0 spiro atoms. The molecule has 0 aromatic heterocycles. The maximum atomic E-state index is 13.0. The molecule has 2 atom stereocenters. The summed E-state index contributed by atoms with van der Waals surface area (Å²) in [6.07, 6.45) is -0.648. The van der Waals surface area contributed by atoms with Crippen LogP contribution in [0, 0.1) is 5.82 Å². The first-order chi connectivity index (χ1) is 7.20. The van der Waals surface area contributed by atoms with Gasteiger partial charge in [-0.25, -0.2) is 4.39 Å². The van der Waals surface area contributed by atoms with Gasteiger partial charge in [0.1, 0.15) is 5.82 Å². The summed E-state index contributed by atoms with van der Waals surface area (Å²) in [5.41, 5.74) is 0.655. The third-order valence-corrected chi connectivity index (χ3v) is 3.20. The Morgan fingerprint density at radius 1 is 1.53 bits per heavy atom. The molecule has 0 N–H and O–H groups in total. The van der Waals surface area contributed by atoms with Gasteiger partial charge in [-0.1, -0.05) is 15.9 Å². The number of ether oxygens (including phenoxy) is 2. The molecule has 2 unspecified atom stereocenters. The van der Waals surface area contributed by atoms with Crippen molar-refractivity contribution in [2.45, 2.75) is 12.4 Å². The van der Waals surface area contributed by atoms with Crippen molar-refractivity contribution in [3.63, 3.8) is 0 Å². The third-order valence-electron chi connectivity index (χ3n) is 2.13. The maximum absolute atomic E-state index is 13.0. The fraction of sp³-hybridized carbons (Fsp3) is 0.400. The second-order valence-electron chi connectivity index (χ2n) is 3.24. The minimum Gasteiger partial charge on any atom is -0.346 e. The lowest BCUT2D eigenvalue weighted by molar-refractivity contribution is -0.0573. The first-order valence-electron chi connectivity index (χ1n) is 4.48. The maximum Gasteiger partial charge on any atom is 0.185 e. The van der Waals surface area contributed by atoms with Crippen LogP contribution >= 0.6 is 27.5 Å². The number of halogens is 3. The van der Waals surface area contributed by atoms with Crippen LogP contribution in [0.5, 0.6) is 0 Å². The number of benzene rings is 1. The summed E-state index contributed by atoms with van der Waals surface area (Å²) >= 11 is 8.96. The van der Waals surface area contributed by atoms with Crippen molar-refractivity contribution in [3.05, 3.63) is 34.1 Å². The van der Waals surface area contributed by atoms with Crippen molar-refractivity contribution in [2.75, 3.05) is 12.5 Å². The quantitative estimate of drug-likeness (QED) is 0.780. The second kappa shape index (κ2) is 4.78. The molecule has 82 valence electrons. The van der Waals surface area contributed by atoms with Crippen molar-refractivity contribution in [3.8, 4) is 0 Å². The minimum absolute atomic E-state index is 0.119. The van der Waals surface area contributed by atoms with Crippen LogP contribution in [0.3, 0.4) is 0 Å². The van der Waals surface area contributed by atoms with Gasteiger partial charge in [0.2, 0.25) is 0 Å². The van der Waals surface area contributed by atoms with E-state index in [1.54, 1.807) is 6.07 Å². The highest BCUT2D eigenvalue weighted by Gasteiger charge is 2.28. The summed E-state index contributed by atoms with van der Waals surface area (Å²) < 4.78 is 24.6. The van der Waals surface area contributed by atoms with Crippen LogP contribution in [-0.2, 0) is 9.47 Å². The average Bonchev–Trinajstić information content (AvgIpc) is 2.70. The Morgan fingerprint density at radius 2 is 2.33 bits per heavy atom. The molecule has 15 heavy (non-hydrogen) atoms. The van der Waals surface area contributed by atoms with Crippen LogP contribution in [-0.4, -0.2) is 18.6 Å². The summed E-state index contributed by atoms with van der Waals surface area (Å²) in [4.78, 5) is 0. The molecule has 1 heterocycles. The van der Waals surface area contributed by atoms with Crippen LogP contribution < -0.4 is 0 Å². The van der Waals surface area contributed by atoms with Gasteiger partial charge in [-0.2, -0.15) is 0 Å². The zero-order chi connectivity index (χ0) is 10.8. The van der Waals surface area contributed by atoms with Gasteiger partial charge in [0.25, 0.3) is 0 Å². The molecule has 2 rings (SSSR count). The molecule has 1 saturated heterocycles. The highest BCUT2D eigenvalue weighted by atomic mass is 79.9. The molecule has 5 heteroatoms. The van der Waals surface area contributed by atoms with Crippen LogP contribution in [0.15, 0.2) is 22.7 Å². The van der Waals surface area contributed by atoms with Gasteiger partial charge in [-0.15, -0.1) is 11.6 Å². The Bertz CT molecular complexity index is 361. The molecule has 0 saturated carbocycles. The molecule has 0 aliphatic carbocycles. The lowest BCUT2D eigenvalue weighted by Crippen LogP contribution is -2.11. The molecular weight excluding hydrogens is 286 g/mol. The van der Waals surface area contributed by atoms with E-state index in [4.69, 9.17) is 21.1 Å². The van der Waals surface area contributed by atoms with E-state index in [-0.39, 0.29) is 11.9 Å². The minimum atomic E-state index is -0.529. The second-order valence-corrected chi connectivity index (χ2v) is 4.41. The lowest BCUT2D eigenvalue weighted by Gasteiger charge is -2.12. The predicted molar refractivity (Wildman–Crippen MR) is 58.4 cm³/mol. The van der Waals surface area contributed by atoms with E-state index in [1.165, 1.54) is 12.1 Å². The van der Waals surface area contributed by atoms with Crippen LogP contribution in [0.2, 0.25) is 0 Å². The summed E-state index contributed by atoms with van der Waals surface area (Å²) in [5.74, 6) is 0.0680. The molecule has 1 aromatic rings. The van der Waals surface area contributed by atoms with E-state index < -0.39 is 6.29 Å². The summed E-state index contributed by atoms with van der Waals surface area (Å²) in [6.45, 7) is 0.442. The van der Waals surface area contributed by atoms with Gasteiger partial charge in [-0.3, -0.25) is 0 Å². The van der Waals surface area contributed by atoms with Crippen molar-refractivity contribution in [1.82, 2.24) is 0 Å². The van der Waals surface area contributed by atoms with Crippen molar-refractivity contribution in [1.29, 1.82) is 0 Å². The largest absolute Gasteiger partial charge is 0.346 e. The summed E-state index contributed by atoms with van der Waals surface area (Å²) in [7, 11) is 0. The van der Waals surface area contributed by atoms with Crippen LogP contribution in [0.25, 0.3) is 0 Å². The highest BCUT2D eigenvalue weighted by molar-refractivity contribution is 9.10. The van der Waals surface area contributed by atoms with Gasteiger partial charge >= 0.3 is 0 Å². The predicted octanol–water partition coefficient (Wildman–Crippen LogP) is 3.24. The molecule has 1 aliphatic heterocycles. The Labute approximate surface area is 100 Å². The zero-order valence-corrected chi connectivity index (χ0v) is 10.1. The smallest absolute Gasteiger partial charge is 0.185 e. The Morgan fingerprint density at radius 3 is 3.00 bits per heavy atom. The fourth-order valence-electron chi connectivity index (χ4n) is 1.39. The van der Waals surface area contributed by atoms with Crippen LogP contribution in [0.1, 0.15) is 11.9 Å². The average molecular weight is 296 g/mol. The number of hydrogen-bond donors (Lipinski definition) is 0. The molecule has 0 radical (unpaired) electrons. The van der Waals surface area contributed by atoms with Crippen LogP contribution in [0.4, 0.5) is 4.39 Å². The van der Waals surface area contributed by atoms with E-state index in [1.807, 2.05) is 0 Å². The Hall–Kier alpha value is -0.160. The molecule has 1 aliphatic rings. The van der Waals surface area contributed by atoms with Crippen molar-refractivity contribution >= 4 is 27.5 Å². The monoisotopic (exact) mass is 294 g/mol. The molecule has 0 amide bonds. The van der Waals surface area contributed by atoms with E-state index >= 15 is 0 Å². The van der Waals surface area contributed by atoms with Gasteiger partial charge < -0.3 is 9.47 Å². The summed E-state index contributed by atoms with van der Waals surface area (Å²) in [5, 5.41) is 0. The Balaban J connectivity index is 2.19. The zero-order valence-electron chi connectivity index (χ0n) is 7.75. The first-order valence-corrected chi connectivity index (χ1v) is 5.81. The van der Waals surface area contributed by atoms with Gasteiger partial charge in [0.05, 0.1) is 18.6 Å². The van der Waals surface area contributed by atoms with Gasteiger partial charge in [0.15, 0.2) is 6.29 Å². The number of alkyl halides is 1. The lowest BCUT2D eigenvalue weighted by atomic mass is 10.2. The van der Waals surface area contributed by atoms with E-state index in [9.17, 15) is 4.39 Å². The number of rotatable bonds is 2. The summed E-state index contributed by atoms with van der Waals surface area (Å²) in [6, 6.07) is 4.40. The first kappa shape index (κ1) is 11.3. The fourth-order valence-corrected chi connectivity index (χ4v) is 1.98. The van der Waals surface area contributed by atoms with E-state index in [0.29, 0.717) is 18.1 Å². The van der Waals surface area contributed by atoms with Gasteiger partial charge in [0, 0.05) is 10.0 Å². The molecule has 0 bridgehead atoms. The molecule has 1 fully saturated rings. The number of hydrogen-bond acceptors (Lipinski definition) is 2. The normalized spacial score (nSPS) is 25.8. The van der Waals surface area contributed by atoms with Crippen molar-refractivity contribution in [2.24, 2.45) is 0 Å².